The summed E-state index contributed by atoms with van der Waals surface area (Å²) in [6, 6.07) is -0.0445. The van der Waals surface area contributed by atoms with E-state index >= 15 is 0 Å². The molecule has 0 aromatic rings. The molecule has 0 bridgehead atoms. The standard InChI is InChI=1S/C12H26N4O3S/c1-6-13-12(14-9-11(17)16(3)4)15-10(2)7-8-20(5,18)19/h10H,6-9H2,1-5H3,(H2,13,14,15). The largest absolute Gasteiger partial charge is 0.357 e. The van der Waals surface area contributed by atoms with Gasteiger partial charge in [-0.2, -0.15) is 0 Å². The first-order valence-corrected chi connectivity index (χ1v) is 8.64. The number of amides is 1. The summed E-state index contributed by atoms with van der Waals surface area (Å²) in [5.41, 5.74) is 0. The van der Waals surface area contributed by atoms with Crippen molar-refractivity contribution in [1.82, 2.24) is 15.5 Å². The van der Waals surface area contributed by atoms with Gasteiger partial charge in [0.05, 0.1) is 5.75 Å². The van der Waals surface area contributed by atoms with Crippen molar-refractivity contribution >= 4 is 21.7 Å². The molecule has 0 rings (SSSR count). The molecular weight excluding hydrogens is 280 g/mol. The third-order valence-corrected chi connectivity index (χ3v) is 3.50. The lowest BCUT2D eigenvalue weighted by atomic mass is 10.3. The number of aliphatic imine (C=N–C) groups is 1. The highest BCUT2D eigenvalue weighted by atomic mass is 32.2. The Labute approximate surface area is 121 Å². The predicted octanol–water partition coefficient (Wildman–Crippen LogP) is -0.547. The average molecular weight is 306 g/mol. The predicted molar refractivity (Wildman–Crippen MR) is 81.6 cm³/mol. The van der Waals surface area contributed by atoms with E-state index in [1.807, 2.05) is 13.8 Å². The van der Waals surface area contributed by atoms with E-state index in [1.54, 1.807) is 14.1 Å². The first-order valence-electron chi connectivity index (χ1n) is 6.58. The van der Waals surface area contributed by atoms with E-state index < -0.39 is 9.84 Å². The van der Waals surface area contributed by atoms with Crippen molar-refractivity contribution in [3.05, 3.63) is 0 Å². The van der Waals surface area contributed by atoms with Crippen LogP contribution in [0.25, 0.3) is 0 Å². The first kappa shape index (κ1) is 18.7. The molecule has 0 aliphatic heterocycles. The molecule has 0 spiro atoms. The highest BCUT2D eigenvalue weighted by Crippen LogP contribution is 1.95. The van der Waals surface area contributed by atoms with E-state index in [-0.39, 0.29) is 24.2 Å². The number of carbonyl (C=O) groups is 1. The number of carbonyl (C=O) groups excluding carboxylic acids is 1. The number of guanidine groups is 1. The van der Waals surface area contributed by atoms with Gasteiger partial charge in [0.2, 0.25) is 5.91 Å². The van der Waals surface area contributed by atoms with Gasteiger partial charge in [0.15, 0.2) is 5.96 Å². The van der Waals surface area contributed by atoms with Crippen molar-refractivity contribution in [2.75, 3.05) is 39.2 Å². The van der Waals surface area contributed by atoms with E-state index in [1.165, 1.54) is 11.2 Å². The van der Waals surface area contributed by atoms with Crippen LogP contribution in [0.15, 0.2) is 4.99 Å². The number of likely N-dealkylation sites (N-methyl/N-ethyl adjacent to an activating group) is 1. The molecular formula is C12H26N4O3S. The van der Waals surface area contributed by atoms with E-state index in [0.29, 0.717) is 18.9 Å². The molecule has 0 radical (unpaired) electrons. The minimum atomic E-state index is -2.97. The maximum absolute atomic E-state index is 11.5. The number of hydrogen-bond acceptors (Lipinski definition) is 4. The zero-order chi connectivity index (χ0) is 15.8. The quantitative estimate of drug-likeness (QED) is 0.487. The molecule has 0 aliphatic carbocycles. The lowest BCUT2D eigenvalue weighted by Gasteiger charge is -2.17. The van der Waals surface area contributed by atoms with E-state index in [4.69, 9.17) is 0 Å². The Morgan fingerprint density at radius 2 is 1.95 bits per heavy atom. The molecule has 118 valence electrons. The average Bonchev–Trinajstić information content (AvgIpc) is 2.32. The lowest BCUT2D eigenvalue weighted by molar-refractivity contribution is -0.127. The molecule has 0 heterocycles. The van der Waals surface area contributed by atoms with Crippen LogP contribution in [0.4, 0.5) is 0 Å². The summed E-state index contributed by atoms with van der Waals surface area (Å²) in [4.78, 5) is 17.1. The Kier molecular flexibility index (Phi) is 8.21. The molecule has 0 aliphatic rings. The summed E-state index contributed by atoms with van der Waals surface area (Å²) in [5, 5.41) is 6.11. The highest BCUT2D eigenvalue weighted by Gasteiger charge is 2.10. The number of hydrogen-bond donors (Lipinski definition) is 2. The number of sulfone groups is 1. The van der Waals surface area contributed by atoms with Crippen molar-refractivity contribution in [1.29, 1.82) is 0 Å². The third kappa shape index (κ3) is 9.60. The molecule has 0 aromatic carbocycles. The van der Waals surface area contributed by atoms with Crippen LogP contribution in [-0.4, -0.2) is 70.4 Å². The van der Waals surface area contributed by atoms with Gasteiger partial charge < -0.3 is 15.5 Å². The molecule has 7 nitrogen and oxygen atoms in total. The Bertz CT molecular complexity index is 432. The molecule has 20 heavy (non-hydrogen) atoms. The van der Waals surface area contributed by atoms with Crippen LogP contribution in [-0.2, 0) is 14.6 Å². The molecule has 8 heteroatoms. The molecule has 0 aromatic heterocycles. The fourth-order valence-electron chi connectivity index (χ4n) is 1.30. The van der Waals surface area contributed by atoms with E-state index in [0.717, 1.165) is 0 Å². The molecule has 0 saturated carbocycles. The zero-order valence-electron chi connectivity index (χ0n) is 12.9. The van der Waals surface area contributed by atoms with Gasteiger partial charge in [-0.25, -0.2) is 13.4 Å². The normalized spacial score (nSPS) is 13.8. The van der Waals surface area contributed by atoms with Crippen LogP contribution >= 0.6 is 0 Å². The maximum atomic E-state index is 11.5. The summed E-state index contributed by atoms with van der Waals surface area (Å²) < 4.78 is 22.2. The van der Waals surface area contributed by atoms with Crippen molar-refractivity contribution in [2.24, 2.45) is 4.99 Å². The van der Waals surface area contributed by atoms with Crippen molar-refractivity contribution in [3.8, 4) is 0 Å². The summed E-state index contributed by atoms with van der Waals surface area (Å²) in [6.45, 7) is 4.53. The van der Waals surface area contributed by atoms with Gasteiger partial charge >= 0.3 is 0 Å². The molecule has 2 N–H and O–H groups in total. The Morgan fingerprint density at radius 1 is 1.35 bits per heavy atom. The van der Waals surface area contributed by atoms with Crippen LogP contribution in [0.1, 0.15) is 20.3 Å². The number of nitrogens with one attached hydrogen (secondary N) is 2. The Morgan fingerprint density at radius 3 is 2.40 bits per heavy atom. The second-order valence-corrected chi connectivity index (χ2v) is 7.21. The van der Waals surface area contributed by atoms with Gasteiger partial charge in [0, 0.05) is 32.9 Å². The molecule has 1 unspecified atom stereocenters. The van der Waals surface area contributed by atoms with E-state index in [9.17, 15) is 13.2 Å². The molecule has 1 amide bonds. The highest BCUT2D eigenvalue weighted by molar-refractivity contribution is 7.90. The van der Waals surface area contributed by atoms with Gasteiger partial charge in [0.1, 0.15) is 16.4 Å². The summed E-state index contributed by atoms with van der Waals surface area (Å²) in [5.74, 6) is 0.548. The number of nitrogens with zero attached hydrogens (tertiary/aromatic N) is 2. The minimum Gasteiger partial charge on any atom is -0.357 e. The second-order valence-electron chi connectivity index (χ2n) is 4.95. The monoisotopic (exact) mass is 306 g/mol. The lowest BCUT2D eigenvalue weighted by Crippen LogP contribution is -2.43. The minimum absolute atomic E-state index is 0.0445. The van der Waals surface area contributed by atoms with Gasteiger partial charge in [-0.15, -0.1) is 0 Å². The van der Waals surface area contributed by atoms with E-state index in [2.05, 4.69) is 15.6 Å². The molecule has 1 atom stereocenters. The fourth-order valence-corrected chi connectivity index (χ4v) is 2.09. The summed E-state index contributed by atoms with van der Waals surface area (Å²) >= 11 is 0. The summed E-state index contributed by atoms with van der Waals surface area (Å²) in [6.07, 6.45) is 1.71. The SMILES string of the molecule is CCNC(=NCC(=O)N(C)C)NC(C)CCS(C)(=O)=O. The topological polar surface area (TPSA) is 90.9 Å². The number of rotatable bonds is 7. The first-order chi connectivity index (χ1) is 9.15. The van der Waals surface area contributed by atoms with Crippen LogP contribution < -0.4 is 10.6 Å². The van der Waals surface area contributed by atoms with Crippen LogP contribution in [0, 0.1) is 0 Å². The van der Waals surface area contributed by atoms with Crippen LogP contribution in [0.2, 0.25) is 0 Å². The maximum Gasteiger partial charge on any atom is 0.243 e. The van der Waals surface area contributed by atoms with Gasteiger partial charge in [0.25, 0.3) is 0 Å². The molecule has 0 fully saturated rings. The van der Waals surface area contributed by atoms with Gasteiger partial charge in [-0.1, -0.05) is 0 Å². The zero-order valence-corrected chi connectivity index (χ0v) is 13.7. The third-order valence-electron chi connectivity index (χ3n) is 2.52. The summed E-state index contributed by atoms with van der Waals surface area (Å²) in [7, 11) is 0.382. The smallest absolute Gasteiger partial charge is 0.243 e. The van der Waals surface area contributed by atoms with Crippen molar-refractivity contribution in [2.45, 2.75) is 26.3 Å². The molecule has 0 saturated heterocycles. The Balaban J connectivity index is 4.45. The van der Waals surface area contributed by atoms with Crippen LogP contribution in [0.3, 0.4) is 0 Å². The van der Waals surface area contributed by atoms with Gasteiger partial charge in [-0.05, 0) is 20.3 Å². The van der Waals surface area contributed by atoms with Crippen LogP contribution in [0.5, 0.6) is 0 Å². The fraction of sp³-hybridized carbons (Fsp3) is 0.833. The Hall–Kier alpha value is -1.31. The van der Waals surface area contributed by atoms with Gasteiger partial charge in [-0.3, -0.25) is 4.79 Å². The second kappa shape index (κ2) is 8.78. The van der Waals surface area contributed by atoms with Crippen molar-refractivity contribution in [3.63, 3.8) is 0 Å². The van der Waals surface area contributed by atoms with Crippen molar-refractivity contribution < 1.29 is 13.2 Å².